The summed E-state index contributed by atoms with van der Waals surface area (Å²) in [5, 5.41) is 6.63. The van der Waals surface area contributed by atoms with Gasteiger partial charge >= 0.3 is 0 Å². The summed E-state index contributed by atoms with van der Waals surface area (Å²) in [6.07, 6.45) is 2.19. The Bertz CT molecular complexity index is 541. The minimum absolute atomic E-state index is 0.348. The lowest BCUT2D eigenvalue weighted by molar-refractivity contribution is 0.414. The monoisotopic (exact) mass is 261 g/mol. The number of hydrogen-bond donors (Lipinski definition) is 1. The maximum absolute atomic E-state index is 5.65. The summed E-state index contributed by atoms with van der Waals surface area (Å²) in [7, 11) is 1.68. The van der Waals surface area contributed by atoms with Gasteiger partial charge in [0.05, 0.1) is 19.4 Å². The molecule has 1 aromatic rings. The molecule has 1 heterocycles. The van der Waals surface area contributed by atoms with Gasteiger partial charge in [0, 0.05) is 11.5 Å². The molecule has 0 fully saturated rings. The van der Waals surface area contributed by atoms with Gasteiger partial charge in [0.1, 0.15) is 5.75 Å². The molecule has 4 nitrogen and oxygen atoms in total. The van der Waals surface area contributed by atoms with Crippen LogP contribution >= 0.6 is 12.2 Å². The maximum atomic E-state index is 5.65. The van der Waals surface area contributed by atoms with Gasteiger partial charge in [-0.1, -0.05) is 6.07 Å². The van der Waals surface area contributed by atoms with Crippen LogP contribution in [0.25, 0.3) is 0 Å². The third kappa shape index (κ3) is 1.75. The molecule has 0 radical (unpaired) electrons. The zero-order valence-corrected chi connectivity index (χ0v) is 11.0. The van der Waals surface area contributed by atoms with Crippen molar-refractivity contribution in [3.8, 4) is 5.75 Å². The van der Waals surface area contributed by atoms with Crippen LogP contribution in [-0.4, -0.2) is 29.5 Å². The number of benzene rings is 1. The molecule has 0 aromatic heterocycles. The molecule has 1 aromatic carbocycles. The topological polar surface area (TPSA) is 50.8 Å². The lowest BCUT2D eigenvalue weighted by Gasteiger charge is -2.21. The number of fused-ring (bicyclic) bond motifs is 3. The van der Waals surface area contributed by atoms with Crippen LogP contribution in [-0.2, 0) is 6.42 Å². The number of rotatable bonds is 1. The fourth-order valence-corrected chi connectivity index (χ4v) is 2.77. The van der Waals surface area contributed by atoms with Crippen molar-refractivity contribution in [2.75, 3.05) is 13.7 Å². The molecule has 1 atom stereocenters. The van der Waals surface area contributed by atoms with Gasteiger partial charge in [-0.15, -0.1) is 0 Å². The highest BCUT2D eigenvalue weighted by atomic mass is 32.1. The number of nitrogens with two attached hydrogens (primary N) is 1. The van der Waals surface area contributed by atoms with Crippen LogP contribution in [0.4, 0.5) is 0 Å². The predicted molar refractivity (Wildman–Crippen MR) is 74.8 cm³/mol. The third-order valence-corrected chi connectivity index (χ3v) is 3.83. The maximum Gasteiger partial charge on any atom is 0.186 e. The van der Waals surface area contributed by atoms with Gasteiger partial charge in [0.15, 0.2) is 5.11 Å². The number of hydrazone groups is 1. The van der Waals surface area contributed by atoms with Crippen LogP contribution in [0.3, 0.4) is 0 Å². The first-order valence-corrected chi connectivity index (χ1v) is 6.42. The SMILES string of the molecule is COc1ccc2c(c1)C1=NN(C(N)=S)CC1CC2. The largest absolute Gasteiger partial charge is 0.497 e. The quantitative estimate of drug-likeness (QED) is 0.779. The van der Waals surface area contributed by atoms with Crippen LogP contribution in [0, 0.1) is 5.92 Å². The second-order valence-corrected chi connectivity index (χ2v) is 5.08. The summed E-state index contributed by atoms with van der Waals surface area (Å²) in [6, 6.07) is 6.18. The number of nitrogens with zero attached hydrogens (tertiary/aromatic N) is 2. The Labute approximate surface area is 111 Å². The van der Waals surface area contributed by atoms with E-state index in [0.29, 0.717) is 11.0 Å². The highest BCUT2D eigenvalue weighted by Gasteiger charge is 2.33. The molecule has 18 heavy (non-hydrogen) atoms. The number of hydrogen-bond acceptors (Lipinski definition) is 3. The summed E-state index contributed by atoms with van der Waals surface area (Å²) >= 11 is 5.00. The summed E-state index contributed by atoms with van der Waals surface area (Å²) < 4.78 is 5.28. The Hall–Kier alpha value is -1.62. The Kier molecular flexibility index (Phi) is 2.70. The highest BCUT2D eigenvalue weighted by Crippen LogP contribution is 2.32. The number of ether oxygens (including phenoxy) is 1. The van der Waals surface area contributed by atoms with Gasteiger partial charge in [0.25, 0.3) is 0 Å². The first kappa shape index (κ1) is 11.5. The van der Waals surface area contributed by atoms with Crippen LogP contribution in [0.15, 0.2) is 23.3 Å². The van der Waals surface area contributed by atoms with Crippen LogP contribution in [0.1, 0.15) is 17.5 Å². The van der Waals surface area contributed by atoms with E-state index in [4.69, 9.17) is 22.7 Å². The molecule has 1 aliphatic carbocycles. The normalized spacial score (nSPS) is 21.1. The standard InChI is InChI=1S/C13H15N3OS/c1-17-10-5-4-8-2-3-9-7-16(13(14)18)15-12(9)11(8)6-10/h4-6,9H,2-3,7H2,1H3,(H2,14,18). The molecule has 3 rings (SSSR count). The van der Waals surface area contributed by atoms with Gasteiger partial charge in [-0.05, 0) is 42.8 Å². The Morgan fingerprint density at radius 2 is 2.39 bits per heavy atom. The van der Waals surface area contributed by atoms with Crippen molar-refractivity contribution >= 4 is 23.0 Å². The van der Waals surface area contributed by atoms with Gasteiger partial charge in [-0.2, -0.15) is 5.10 Å². The minimum atomic E-state index is 0.348. The summed E-state index contributed by atoms with van der Waals surface area (Å²) in [4.78, 5) is 0. The third-order valence-electron chi connectivity index (χ3n) is 3.62. The van der Waals surface area contributed by atoms with Crippen molar-refractivity contribution in [2.24, 2.45) is 16.8 Å². The number of aryl methyl sites for hydroxylation is 1. The van der Waals surface area contributed by atoms with E-state index in [9.17, 15) is 0 Å². The van der Waals surface area contributed by atoms with Crippen LogP contribution in [0.2, 0.25) is 0 Å². The van der Waals surface area contributed by atoms with Gasteiger partial charge < -0.3 is 10.5 Å². The molecule has 1 aliphatic heterocycles. The van der Waals surface area contributed by atoms with E-state index in [1.54, 1.807) is 12.1 Å². The Morgan fingerprint density at radius 1 is 1.56 bits per heavy atom. The van der Waals surface area contributed by atoms with E-state index < -0.39 is 0 Å². The van der Waals surface area contributed by atoms with Gasteiger partial charge in [0.2, 0.25) is 0 Å². The second-order valence-electron chi connectivity index (χ2n) is 4.66. The molecule has 1 unspecified atom stereocenters. The van der Waals surface area contributed by atoms with E-state index in [1.807, 2.05) is 6.07 Å². The van der Waals surface area contributed by atoms with Crippen molar-refractivity contribution in [3.05, 3.63) is 29.3 Å². The molecule has 0 amide bonds. The summed E-state index contributed by atoms with van der Waals surface area (Å²) in [5.74, 6) is 1.30. The molecule has 0 saturated carbocycles. The van der Waals surface area contributed by atoms with Gasteiger partial charge in [-0.25, -0.2) is 5.01 Å². The van der Waals surface area contributed by atoms with Gasteiger partial charge in [-0.3, -0.25) is 0 Å². The zero-order chi connectivity index (χ0) is 12.7. The average Bonchev–Trinajstić information content (AvgIpc) is 2.82. The first-order chi connectivity index (χ1) is 8.69. The van der Waals surface area contributed by atoms with E-state index in [-0.39, 0.29) is 0 Å². The van der Waals surface area contributed by atoms with E-state index in [2.05, 4.69) is 17.2 Å². The molecular weight excluding hydrogens is 246 g/mol. The van der Waals surface area contributed by atoms with Crippen molar-refractivity contribution in [1.29, 1.82) is 0 Å². The minimum Gasteiger partial charge on any atom is -0.497 e. The second kappa shape index (κ2) is 4.24. The molecular formula is C13H15N3OS. The Morgan fingerprint density at radius 3 is 3.11 bits per heavy atom. The lowest BCUT2D eigenvalue weighted by Crippen LogP contribution is -2.31. The number of thiocarbonyl (C=S) groups is 1. The Balaban J connectivity index is 2.04. The van der Waals surface area contributed by atoms with Crippen LogP contribution < -0.4 is 10.5 Å². The molecule has 5 heteroatoms. The predicted octanol–water partition coefficient (Wildman–Crippen LogP) is 1.52. The van der Waals surface area contributed by atoms with E-state index in [1.165, 1.54) is 11.1 Å². The molecule has 94 valence electrons. The average molecular weight is 261 g/mol. The smallest absolute Gasteiger partial charge is 0.186 e. The summed E-state index contributed by atoms with van der Waals surface area (Å²) in [5.41, 5.74) is 9.27. The molecule has 0 spiro atoms. The molecule has 2 aliphatic rings. The van der Waals surface area contributed by atoms with Crippen molar-refractivity contribution in [1.82, 2.24) is 5.01 Å². The highest BCUT2D eigenvalue weighted by molar-refractivity contribution is 7.80. The molecule has 0 bridgehead atoms. The lowest BCUT2D eigenvalue weighted by atomic mass is 9.82. The van der Waals surface area contributed by atoms with Crippen molar-refractivity contribution in [2.45, 2.75) is 12.8 Å². The fraction of sp³-hybridized carbons (Fsp3) is 0.385. The first-order valence-electron chi connectivity index (χ1n) is 6.02. The van der Waals surface area contributed by atoms with Crippen LogP contribution in [0.5, 0.6) is 5.75 Å². The summed E-state index contributed by atoms with van der Waals surface area (Å²) in [6.45, 7) is 0.807. The molecule has 2 N–H and O–H groups in total. The molecule has 0 saturated heterocycles. The fourth-order valence-electron chi connectivity index (χ4n) is 2.66. The van der Waals surface area contributed by atoms with Crippen molar-refractivity contribution < 1.29 is 4.74 Å². The van der Waals surface area contributed by atoms with Crippen molar-refractivity contribution in [3.63, 3.8) is 0 Å². The van der Waals surface area contributed by atoms with E-state index >= 15 is 0 Å². The zero-order valence-electron chi connectivity index (χ0n) is 10.2. The van der Waals surface area contributed by atoms with E-state index in [0.717, 1.165) is 30.8 Å². The number of methoxy groups -OCH3 is 1.